The van der Waals surface area contributed by atoms with Gasteiger partial charge in [0.1, 0.15) is 5.01 Å². The number of nitrogens with zero attached hydrogens (tertiary/aromatic N) is 4. The van der Waals surface area contributed by atoms with Crippen molar-refractivity contribution >= 4 is 23.2 Å². The van der Waals surface area contributed by atoms with Crippen molar-refractivity contribution in [1.29, 1.82) is 0 Å². The smallest absolute Gasteiger partial charge is 0.323 e. The standard InChI is InChI=1S/C12H19N7OS/c1-4-5-20-12-17-10(16-11(18-12)19-13)15-8(3)9-14-6-7(2)21-9/h6,8H,4-5,13H2,1-3H3,(H2,15,16,17,18,19). The molecule has 0 amide bonds. The van der Waals surface area contributed by atoms with Crippen LogP contribution in [0.5, 0.6) is 6.01 Å². The van der Waals surface area contributed by atoms with Gasteiger partial charge in [-0.25, -0.2) is 10.8 Å². The van der Waals surface area contributed by atoms with E-state index in [1.165, 1.54) is 0 Å². The van der Waals surface area contributed by atoms with Crippen molar-refractivity contribution in [3.8, 4) is 6.01 Å². The lowest BCUT2D eigenvalue weighted by Gasteiger charge is -2.12. The number of anilines is 2. The molecule has 0 aliphatic heterocycles. The Balaban J connectivity index is 2.14. The van der Waals surface area contributed by atoms with Gasteiger partial charge in [0, 0.05) is 11.1 Å². The van der Waals surface area contributed by atoms with Crippen LogP contribution in [0.3, 0.4) is 0 Å². The molecular formula is C12H19N7OS. The number of thiazole rings is 1. The molecule has 21 heavy (non-hydrogen) atoms. The van der Waals surface area contributed by atoms with Crippen molar-refractivity contribution < 1.29 is 4.74 Å². The van der Waals surface area contributed by atoms with Gasteiger partial charge in [-0.2, -0.15) is 15.0 Å². The van der Waals surface area contributed by atoms with Crippen molar-refractivity contribution in [3.63, 3.8) is 0 Å². The Morgan fingerprint density at radius 2 is 2.10 bits per heavy atom. The number of nitrogen functional groups attached to an aromatic ring is 1. The van der Waals surface area contributed by atoms with Crippen LogP contribution in [0.2, 0.25) is 0 Å². The van der Waals surface area contributed by atoms with Crippen LogP contribution < -0.4 is 21.3 Å². The molecule has 2 heterocycles. The van der Waals surface area contributed by atoms with Gasteiger partial charge in [0.25, 0.3) is 0 Å². The van der Waals surface area contributed by atoms with E-state index >= 15 is 0 Å². The maximum atomic E-state index is 5.42. The Hall–Kier alpha value is -2.00. The van der Waals surface area contributed by atoms with Gasteiger partial charge in [-0.3, -0.25) is 5.43 Å². The summed E-state index contributed by atoms with van der Waals surface area (Å²) in [6, 6.07) is 0.223. The Labute approximate surface area is 127 Å². The number of ether oxygens (including phenoxy) is 1. The van der Waals surface area contributed by atoms with Gasteiger partial charge in [-0.1, -0.05) is 6.92 Å². The largest absolute Gasteiger partial charge is 0.463 e. The third-order valence-electron chi connectivity index (χ3n) is 2.53. The molecule has 2 rings (SSSR count). The minimum Gasteiger partial charge on any atom is -0.463 e. The van der Waals surface area contributed by atoms with Crippen LogP contribution in [-0.2, 0) is 0 Å². The third kappa shape index (κ3) is 4.23. The van der Waals surface area contributed by atoms with E-state index in [1.54, 1.807) is 11.3 Å². The van der Waals surface area contributed by atoms with E-state index in [9.17, 15) is 0 Å². The first-order chi connectivity index (χ1) is 10.1. The lowest BCUT2D eigenvalue weighted by Crippen LogP contribution is -2.16. The second kappa shape index (κ2) is 7.14. The van der Waals surface area contributed by atoms with Crippen LogP contribution in [0.15, 0.2) is 6.20 Å². The fraction of sp³-hybridized carbons (Fsp3) is 0.500. The van der Waals surface area contributed by atoms with Crippen molar-refractivity contribution in [1.82, 2.24) is 19.9 Å². The minimum atomic E-state index is -0.0178. The Kier molecular flexibility index (Phi) is 5.23. The second-order valence-electron chi connectivity index (χ2n) is 4.43. The number of aromatic nitrogens is 4. The number of hydrazine groups is 1. The molecule has 0 aliphatic rings. The summed E-state index contributed by atoms with van der Waals surface area (Å²) in [5, 5.41) is 4.14. The van der Waals surface area contributed by atoms with Crippen LogP contribution in [0.1, 0.15) is 36.2 Å². The van der Waals surface area contributed by atoms with E-state index in [1.807, 2.05) is 27.0 Å². The monoisotopic (exact) mass is 309 g/mol. The van der Waals surface area contributed by atoms with Crippen LogP contribution in [-0.4, -0.2) is 26.5 Å². The molecule has 0 aromatic carbocycles. The SMILES string of the molecule is CCCOc1nc(NN)nc(NC(C)c2ncc(C)s2)n1. The van der Waals surface area contributed by atoms with E-state index < -0.39 is 0 Å². The average Bonchev–Trinajstić information content (AvgIpc) is 2.91. The molecule has 0 aliphatic carbocycles. The van der Waals surface area contributed by atoms with Crippen molar-refractivity contribution in [3.05, 3.63) is 16.1 Å². The highest BCUT2D eigenvalue weighted by Gasteiger charge is 2.13. The highest BCUT2D eigenvalue weighted by Crippen LogP contribution is 2.22. The second-order valence-corrected chi connectivity index (χ2v) is 5.70. The molecule has 0 bridgehead atoms. The molecule has 0 radical (unpaired) electrons. The molecule has 4 N–H and O–H groups in total. The molecule has 1 atom stereocenters. The van der Waals surface area contributed by atoms with Gasteiger partial charge in [0.15, 0.2) is 0 Å². The zero-order valence-electron chi connectivity index (χ0n) is 12.3. The fourth-order valence-electron chi connectivity index (χ4n) is 1.57. The predicted octanol–water partition coefficient (Wildman–Crippen LogP) is 1.88. The Morgan fingerprint density at radius 3 is 2.71 bits per heavy atom. The summed E-state index contributed by atoms with van der Waals surface area (Å²) >= 11 is 1.63. The lowest BCUT2D eigenvalue weighted by molar-refractivity contribution is 0.292. The van der Waals surface area contributed by atoms with Crippen molar-refractivity contribution in [2.24, 2.45) is 5.84 Å². The van der Waals surface area contributed by atoms with Crippen LogP contribution in [0.4, 0.5) is 11.9 Å². The van der Waals surface area contributed by atoms with Gasteiger partial charge in [-0.15, -0.1) is 11.3 Å². The van der Waals surface area contributed by atoms with Crippen molar-refractivity contribution in [2.75, 3.05) is 17.3 Å². The molecule has 9 heteroatoms. The molecule has 0 saturated carbocycles. The summed E-state index contributed by atoms with van der Waals surface area (Å²) in [5.74, 6) is 6.01. The van der Waals surface area contributed by atoms with Crippen LogP contribution in [0.25, 0.3) is 0 Å². The Morgan fingerprint density at radius 1 is 1.33 bits per heavy atom. The first-order valence-corrected chi connectivity index (χ1v) is 7.48. The maximum absolute atomic E-state index is 5.42. The lowest BCUT2D eigenvalue weighted by atomic mass is 10.4. The van der Waals surface area contributed by atoms with Crippen molar-refractivity contribution in [2.45, 2.75) is 33.2 Å². The molecule has 2 aromatic heterocycles. The van der Waals surface area contributed by atoms with E-state index in [0.29, 0.717) is 12.6 Å². The number of nitrogens with two attached hydrogens (primary N) is 1. The maximum Gasteiger partial charge on any atom is 0.323 e. The van der Waals surface area contributed by atoms with Gasteiger partial charge in [0.05, 0.1) is 12.6 Å². The molecule has 0 spiro atoms. The summed E-state index contributed by atoms with van der Waals surface area (Å²) in [6.07, 6.45) is 2.71. The third-order valence-corrected chi connectivity index (χ3v) is 3.63. The predicted molar refractivity (Wildman–Crippen MR) is 82.3 cm³/mol. The molecule has 8 nitrogen and oxygen atoms in total. The topological polar surface area (TPSA) is 111 Å². The zero-order valence-corrected chi connectivity index (χ0v) is 13.1. The van der Waals surface area contributed by atoms with Gasteiger partial charge in [0.2, 0.25) is 11.9 Å². The van der Waals surface area contributed by atoms with Gasteiger partial charge >= 0.3 is 6.01 Å². The number of nitrogens with one attached hydrogen (secondary N) is 2. The number of hydrogen-bond acceptors (Lipinski definition) is 9. The summed E-state index contributed by atoms with van der Waals surface area (Å²) < 4.78 is 5.42. The highest BCUT2D eigenvalue weighted by molar-refractivity contribution is 7.11. The average molecular weight is 309 g/mol. The molecular weight excluding hydrogens is 290 g/mol. The highest BCUT2D eigenvalue weighted by atomic mass is 32.1. The normalized spacial score (nSPS) is 12.0. The molecule has 1 unspecified atom stereocenters. The molecule has 0 fully saturated rings. The first-order valence-electron chi connectivity index (χ1n) is 6.66. The summed E-state index contributed by atoms with van der Waals surface area (Å²) in [7, 11) is 0. The summed E-state index contributed by atoms with van der Waals surface area (Å²) in [5.41, 5.74) is 2.41. The van der Waals surface area contributed by atoms with E-state index in [-0.39, 0.29) is 18.0 Å². The number of hydrogen-bond donors (Lipinski definition) is 3. The van der Waals surface area contributed by atoms with Crippen LogP contribution >= 0.6 is 11.3 Å². The molecule has 114 valence electrons. The summed E-state index contributed by atoms with van der Waals surface area (Å²) in [6.45, 7) is 6.55. The fourth-order valence-corrected chi connectivity index (χ4v) is 2.35. The first kappa shape index (κ1) is 15.4. The molecule has 2 aromatic rings. The van der Waals surface area contributed by atoms with E-state index in [0.717, 1.165) is 16.3 Å². The number of rotatable bonds is 7. The van der Waals surface area contributed by atoms with Gasteiger partial charge < -0.3 is 10.1 Å². The summed E-state index contributed by atoms with van der Waals surface area (Å²) in [4.78, 5) is 17.9. The van der Waals surface area contributed by atoms with Crippen LogP contribution in [0, 0.1) is 6.92 Å². The Bertz CT molecular complexity index is 589. The van der Waals surface area contributed by atoms with Gasteiger partial charge in [-0.05, 0) is 20.3 Å². The van der Waals surface area contributed by atoms with E-state index in [4.69, 9.17) is 10.6 Å². The quantitative estimate of drug-likeness (QED) is 0.525. The number of aryl methyl sites for hydroxylation is 1. The molecule has 0 saturated heterocycles. The van der Waals surface area contributed by atoms with E-state index in [2.05, 4.69) is 30.7 Å². The minimum absolute atomic E-state index is 0.0178. The zero-order chi connectivity index (χ0) is 15.2.